The lowest BCUT2D eigenvalue weighted by molar-refractivity contribution is 0.0303. The highest BCUT2D eigenvalue weighted by Crippen LogP contribution is 2.30. The molecule has 0 aromatic carbocycles. The minimum absolute atomic E-state index is 0.154. The molecule has 9 heteroatoms. The van der Waals surface area contributed by atoms with Gasteiger partial charge in [-0.05, 0) is 12.5 Å². The Morgan fingerprint density at radius 2 is 2.25 bits per heavy atom. The van der Waals surface area contributed by atoms with Gasteiger partial charge in [-0.1, -0.05) is 0 Å². The van der Waals surface area contributed by atoms with Crippen LogP contribution in [-0.4, -0.2) is 52.9 Å². The van der Waals surface area contributed by atoms with E-state index in [1.807, 2.05) is 6.92 Å². The van der Waals surface area contributed by atoms with E-state index >= 15 is 0 Å². The van der Waals surface area contributed by atoms with E-state index in [1.54, 1.807) is 6.20 Å². The van der Waals surface area contributed by atoms with Crippen LogP contribution in [0.4, 0.5) is 0 Å². The van der Waals surface area contributed by atoms with Crippen molar-refractivity contribution in [1.29, 1.82) is 0 Å². The first-order valence-electron chi connectivity index (χ1n) is 6.19. The summed E-state index contributed by atoms with van der Waals surface area (Å²) in [5, 5.41) is 13.1. The molecule has 0 spiro atoms. The summed E-state index contributed by atoms with van der Waals surface area (Å²) in [6.07, 6.45) is 4.36. The van der Waals surface area contributed by atoms with Crippen molar-refractivity contribution in [1.82, 2.24) is 24.7 Å². The summed E-state index contributed by atoms with van der Waals surface area (Å²) >= 11 is 0. The largest absolute Gasteiger partial charge is 0.378 e. The first-order chi connectivity index (χ1) is 9.60. The van der Waals surface area contributed by atoms with Crippen LogP contribution in [0.2, 0.25) is 0 Å². The molecule has 3 rings (SSSR count). The van der Waals surface area contributed by atoms with Gasteiger partial charge in [-0.2, -0.15) is 14.5 Å². The molecule has 1 saturated heterocycles. The van der Waals surface area contributed by atoms with E-state index in [9.17, 15) is 8.42 Å². The van der Waals surface area contributed by atoms with Crippen LogP contribution < -0.4 is 0 Å². The fourth-order valence-electron chi connectivity index (χ4n) is 2.31. The molecule has 1 aliphatic rings. The van der Waals surface area contributed by atoms with Gasteiger partial charge in [0.05, 0.1) is 37.3 Å². The predicted molar refractivity (Wildman–Crippen MR) is 69.4 cm³/mol. The number of nitrogens with zero attached hydrogens (tertiary/aromatic N) is 3. The van der Waals surface area contributed by atoms with Gasteiger partial charge in [0.25, 0.3) is 0 Å². The van der Waals surface area contributed by atoms with Gasteiger partial charge in [0.1, 0.15) is 4.90 Å². The van der Waals surface area contributed by atoms with Gasteiger partial charge in [-0.25, -0.2) is 8.42 Å². The zero-order valence-electron chi connectivity index (χ0n) is 10.9. The van der Waals surface area contributed by atoms with Gasteiger partial charge in [0.15, 0.2) is 0 Å². The number of aryl methyl sites for hydroxylation is 1. The number of H-pyrrole nitrogens is 2. The minimum Gasteiger partial charge on any atom is -0.378 e. The minimum atomic E-state index is -3.60. The second-order valence-corrected chi connectivity index (χ2v) is 6.50. The third-order valence-corrected chi connectivity index (χ3v) is 5.23. The molecule has 1 aliphatic heterocycles. The maximum atomic E-state index is 12.6. The highest BCUT2D eigenvalue weighted by Gasteiger charge is 2.36. The van der Waals surface area contributed by atoms with E-state index in [1.165, 1.54) is 16.7 Å². The molecule has 1 fully saturated rings. The van der Waals surface area contributed by atoms with Gasteiger partial charge in [0, 0.05) is 12.7 Å². The van der Waals surface area contributed by atoms with Gasteiger partial charge in [0.2, 0.25) is 10.0 Å². The van der Waals surface area contributed by atoms with Crippen molar-refractivity contribution >= 4 is 10.0 Å². The number of rotatable bonds is 3. The zero-order chi connectivity index (χ0) is 14.2. The lowest BCUT2D eigenvalue weighted by Gasteiger charge is -2.33. The molecule has 3 heterocycles. The molecule has 8 nitrogen and oxygen atoms in total. The molecule has 108 valence electrons. The van der Waals surface area contributed by atoms with Crippen LogP contribution in [0, 0.1) is 6.92 Å². The quantitative estimate of drug-likeness (QED) is 0.842. The van der Waals surface area contributed by atoms with Crippen LogP contribution in [0.1, 0.15) is 17.3 Å². The number of nitrogens with one attached hydrogen (secondary N) is 2. The maximum Gasteiger partial charge on any atom is 0.246 e. The number of hydrogen-bond acceptors (Lipinski definition) is 5. The van der Waals surface area contributed by atoms with Crippen molar-refractivity contribution in [2.24, 2.45) is 0 Å². The predicted octanol–water partition coefficient (Wildman–Crippen LogP) is 0.203. The number of morpholine rings is 1. The molecule has 0 bridgehead atoms. The Morgan fingerprint density at radius 1 is 1.40 bits per heavy atom. The topological polar surface area (TPSA) is 104 Å². The van der Waals surface area contributed by atoms with E-state index in [2.05, 4.69) is 20.4 Å². The van der Waals surface area contributed by atoms with E-state index in [0.717, 1.165) is 11.3 Å². The molecule has 2 N–H and O–H groups in total. The number of aromatic amines is 2. The second kappa shape index (κ2) is 5.00. The van der Waals surface area contributed by atoms with Crippen molar-refractivity contribution in [2.45, 2.75) is 17.9 Å². The monoisotopic (exact) mass is 297 g/mol. The fourth-order valence-corrected chi connectivity index (χ4v) is 3.79. The Balaban J connectivity index is 2.00. The molecule has 1 atom stereocenters. The first-order valence-corrected chi connectivity index (χ1v) is 7.63. The van der Waals surface area contributed by atoms with Crippen LogP contribution >= 0.6 is 0 Å². The number of hydrogen-bond donors (Lipinski definition) is 2. The van der Waals surface area contributed by atoms with Crippen molar-refractivity contribution in [3.05, 3.63) is 29.8 Å². The molecule has 0 amide bonds. The fraction of sp³-hybridized carbons (Fsp3) is 0.455. The molecule has 0 radical (unpaired) electrons. The summed E-state index contributed by atoms with van der Waals surface area (Å²) in [6, 6.07) is -0.397. The van der Waals surface area contributed by atoms with Crippen molar-refractivity contribution in [3.63, 3.8) is 0 Å². The average molecular weight is 297 g/mol. The normalized spacial score (nSPS) is 21.1. The maximum absolute atomic E-state index is 12.6. The Bertz CT molecular complexity index is 679. The molecule has 2 aromatic heterocycles. The van der Waals surface area contributed by atoms with Gasteiger partial charge >= 0.3 is 0 Å². The van der Waals surface area contributed by atoms with Crippen LogP contribution in [0.5, 0.6) is 0 Å². The summed E-state index contributed by atoms with van der Waals surface area (Å²) in [7, 11) is -3.60. The molecule has 2 aromatic rings. The lowest BCUT2D eigenvalue weighted by Crippen LogP contribution is -2.43. The summed E-state index contributed by atoms with van der Waals surface area (Å²) < 4.78 is 32.1. The zero-order valence-corrected chi connectivity index (χ0v) is 11.7. The second-order valence-electron chi connectivity index (χ2n) is 4.61. The molecule has 0 aliphatic carbocycles. The summed E-state index contributed by atoms with van der Waals surface area (Å²) in [5.74, 6) is 0. The Kier molecular flexibility index (Phi) is 3.32. The highest BCUT2D eigenvalue weighted by molar-refractivity contribution is 7.89. The van der Waals surface area contributed by atoms with Crippen LogP contribution in [0.15, 0.2) is 23.5 Å². The molecular weight excluding hydrogens is 282 g/mol. The van der Waals surface area contributed by atoms with E-state index in [-0.39, 0.29) is 4.90 Å². The highest BCUT2D eigenvalue weighted by atomic mass is 32.2. The Labute approximate surface area is 116 Å². The third kappa shape index (κ3) is 2.13. The Hall–Kier alpha value is -1.71. The number of aromatic nitrogens is 4. The van der Waals surface area contributed by atoms with Crippen LogP contribution in [-0.2, 0) is 14.8 Å². The molecule has 0 saturated carbocycles. The van der Waals surface area contributed by atoms with Gasteiger partial charge in [-0.3, -0.25) is 10.2 Å². The summed E-state index contributed by atoms with van der Waals surface area (Å²) in [6.45, 7) is 2.87. The first kappa shape index (κ1) is 13.3. The third-order valence-electron chi connectivity index (χ3n) is 3.36. The lowest BCUT2D eigenvalue weighted by atomic mass is 10.1. The van der Waals surface area contributed by atoms with E-state index in [4.69, 9.17) is 4.74 Å². The van der Waals surface area contributed by atoms with Crippen molar-refractivity contribution < 1.29 is 13.2 Å². The van der Waals surface area contributed by atoms with Crippen LogP contribution in [0.25, 0.3) is 0 Å². The standard InChI is InChI=1S/C11H15N5O3S/c1-8-4-14-15-11(8)10-7-19-3-2-16(10)20(17,18)9-5-12-13-6-9/h4-6,10H,2-3,7H2,1H3,(H,12,13)(H,14,15). The summed E-state index contributed by atoms with van der Waals surface area (Å²) in [5.41, 5.74) is 1.67. The van der Waals surface area contributed by atoms with Gasteiger partial charge in [-0.15, -0.1) is 0 Å². The Morgan fingerprint density at radius 3 is 2.90 bits per heavy atom. The number of sulfonamides is 1. The number of ether oxygens (including phenoxy) is 1. The molecule has 1 unspecified atom stereocenters. The average Bonchev–Trinajstić information content (AvgIpc) is 3.10. The molecular formula is C11H15N5O3S. The van der Waals surface area contributed by atoms with Crippen molar-refractivity contribution in [3.8, 4) is 0 Å². The van der Waals surface area contributed by atoms with E-state index < -0.39 is 16.1 Å². The SMILES string of the molecule is Cc1cn[nH]c1C1COCCN1S(=O)(=O)c1cn[nH]c1. The summed E-state index contributed by atoms with van der Waals surface area (Å²) in [4.78, 5) is 0.154. The van der Waals surface area contributed by atoms with Crippen LogP contribution in [0.3, 0.4) is 0 Å². The van der Waals surface area contributed by atoms with Crippen molar-refractivity contribution in [2.75, 3.05) is 19.8 Å². The van der Waals surface area contributed by atoms with E-state index in [0.29, 0.717) is 19.8 Å². The smallest absolute Gasteiger partial charge is 0.246 e. The molecule has 20 heavy (non-hydrogen) atoms. The van der Waals surface area contributed by atoms with Gasteiger partial charge < -0.3 is 4.74 Å².